The summed E-state index contributed by atoms with van der Waals surface area (Å²) in [5.41, 5.74) is 3.61. The lowest BCUT2D eigenvalue weighted by Gasteiger charge is -2.27. The van der Waals surface area contributed by atoms with Crippen molar-refractivity contribution < 1.29 is 0 Å². The first-order valence-corrected chi connectivity index (χ1v) is 8.23. The Balaban J connectivity index is 1.95. The fourth-order valence-corrected chi connectivity index (χ4v) is 3.83. The normalized spacial score (nSPS) is 23.4. The number of hydrogen-bond donors (Lipinski definition) is 0. The van der Waals surface area contributed by atoms with Gasteiger partial charge in [0.05, 0.1) is 16.9 Å². The largest absolute Gasteiger partial charge is 0.327 e. The van der Waals surface area contributed by atoms with Crippen molar-refractivity contribution in [2.24, 2.45) is 11.8 Å². The molecule has 0 spiro atoms. The van der Waals surface area contributed by atoms with Crippen LogP contribution in [0.4, 0.5) is 0 Å². The summed E-state index contributed by atoms with van der Waals surface area (Å²) in [4.78, 5) is 4.75. The minimum Gasteiger partial charge on any atom is -0.327 e. The zero-order valence-electron chi connectivity index (χ0n) is 12.4. The molecule has 2 aromatic rings. The second kappa shape index (κ2) is 5.77. The van der Waals surface area contributed by atoms with Crippen LogP contribution in [0.15, 0.2) is 18.2 Å². The van der Waals surface area contributed by atoms with Gasteiger partial charge < -0.3 is 4.57 Å². The standard InChI is InChI=1S/C17H23ClN2/c1-12-5-3-7-14(9-12)11-20-15-8-4-6-13(2)17(15)19-16(20)10-18/h4,6,8,12,14H,3,5,7,9-11H2,1-2H3. The van der Waals surface area contributed by atoms with Gasteiger partial charge in [0, 0.05) is 6.54 Å². The number of halogens is 1. The van der Waals surface area contributed by atoms with E-state index >= 15 is 0 Å². The number of imidazole rings is 1. The Morgan fingerprint density at radius 2 is 2.20 bits per heavy atom. The van der Waals surface area contributed by atoms with Gasteiger partial charge in [0.15, 0.2) is 0 Å². The van der Waals surface area contributed by atoms with Gasteiger partial charge in [-0.15, -0.1) is 11.6 Å². The molecule has 1 aliphatic carbocycles. The van der Waals surface area contributed by atoms with Crippen molar-refractivity contribution in [2.45, 2.75) is 52.0 Å². The number of rotatable bonds is 3. The van der Waals surface area contributed by atoms with E-state index in [1.54, 1.807) is 0 Å². The van der Waals surface area contributed by atoms with E-state index in [9.17, 15) is 0 Å². The smallest absolute Gasteiger partial charge is 0.124 e. The molecule has 2 unspecified atom stereocenters. The van der Waals surface area contributed by atoms with E-state index in [1.807, 2.05) is 0 Å². The minimum atomic E-state index is 0.496. The van der Waals surface area contributed by atoms with Crippen LogP contribution >= 0.6 is 11.6 Å². The van der Waals surface area contributed by atoms with Crippen LogP contribution in [0, 0.1) is 18.8 Å². The Kier molecular flexibility index (Phi) is 4.02. The van der Waals surface area contributed by atoms with E-state index in [4.69, 9.17) is 16.6 Å². The van der Waals surface area contributed by atoms with Gasteiger partial charge in [-0.3, -0.25) is 0 Å². The molecule has 1 aromatic heterocycles. The Hall–Kier alpha value is -1.02. The molecule has 2 atom stereocenters. The third-order valence-electron chi connectivity index (χ3n) is 4.66. The van der Waals surface area contributed by atoms with Crippen molar-refractivity contribution in [2.75, 3.05) is 0 Å². The molecule has 0 N–H and O–H groups in total. The molecule has 1 saturated carbocycles. The van der Waals surface area contributed by atoms with Gasteiger partial charge in [-0.2, -0.15) is 0 Å². The number of aromatic nitrogens is 2. The fraction of sp³-hybridized carbons (Fsp3) is 0.588. The molecule has 0 amide bonds. The highest BCUT2D eigenvalue weighted by atomic mass is 35.5. The Labute approximate surface area is 126 Å². The zero-order chi connectivity index (χ0) is 14.1. The lowest BCUT2D eigenvalue weighted by molar-refractivity contribution is 0.257. The summed E-state index contributed by atoms with van der Waals surface area (Å²) in [5.74, 6) is 3.16. The molecule has 108 valence electrons. The van der Waals surface area contributed by atoms with Gasteiger partial charge in [0.25, 0.3) is 0 Å². The molecule has 20 heavy (non-hydrogen) atoms. The lowest BCUT2D eigenvalue weighted by Crippen LogP contribution is -2.19. The maximum atomic E-state index is 6.12. The summed E-state index contributed by atoms with van der Waals surface area (Å²) in [6.07, 6.45) is 5.45. The third kappa shape index (κ3) is 2.58. The van der Waals surface area contributed by atoms with Gasteiger partial charge in [0.2, 0.25) is 0 Å². The number of alkyl halides is 1. The van der Waals surface area contributed by atoms with Crippen LogP contribution in [0.25, 0.3) is 11.0 Å². The van der Waals surface area contributed by atoms with E-state index in [-0.39, 0.29) is 0 Å². The zero-order valence-corrected chi connectivity index (χ0v) is 13.2. The molecule has 0 bridgehead atoms. The summed E-state index contributed by atoms with van der Waals surface area (Å²) in [7, 11) is 0. The highest BCUT2D eigenvalue weighted by molar-refractivity contribution is 6.16. The van der Waals surface area contributed by atoms with Crippen LogP contribution < -0.4 is 0 Å². The second-order valence-corrected chi connectivity index (χ2v) is 6.62. The number of fused-ring (bicyclic) bond motifs is 1. The van der Waals surface area contributed by atoms with Gasteiger partial charge in [-0.25, -0.2) is 4.98 Å². The molecule has 1 aliphatic rings. The quantitative estimate of drug-likeness (QED) is 0.734. The number of para-hydroxylation sites is 1. The highest BCUT2D eigenvalue weighted by Crippen LogP contribution is 2.31. The number of hydrogen-bond acceptors (Lipinski definition) is 1. The summed E-state index contributed by atoms with van der Waals surface area (Å²) < 4.78 is 2.36. The summed E-state index contributed by atoms with van der Waals surface area (Å²) in [5, 5.41) is 0. The molecule has 0 aliphatic heterocycles. The van der Waals surface area contributed by atoms with Crippen LogP contribution in [-0.2, 0) is 12.4 Å². The number of benzene rings is 1. The van der Waals surface area contributed by atoms with Gasteiger partial charge in [0.1, 0.15) is 5.82 Å². The molecular formula is C17H23ClN2. The number of nitrogens with zero attached hydrogens (tertiary/aromatic N) is 2. The molecule has 3 rings (SSSR count). The first-order valence-electron chi connectivity index (χ1n) is 7.69. The first-order chi connectivity index (χ1) is 9.69. The molecule has 0 saturated heterocycles. The van der Waals surface area contributed by atoms with Crippen molar-refractivity contribution in [1.29, 1.82) is 0 Å². The average Bonchev–Trinajstić information content (AvgIpc) is 2.79. The first kappa shape index (κ1) is 13.9. The van der Waals surface area contributed by atoms with Crippen LogP contribution in [0.1, 0.15) is 44.0 Å². The van der Waals surface area contributed by atoms with Crippen molar-refractivity contribution in [3.8, 4) is 0 Å². The maximum Gasteiger partial charge on any atom is 0.124 e. The predicted octanol–water partition coefficient (Wildman–Crippen LogP) is 4.91. The van der Waals surface area contributed by atoms with E-state index < -0.39 is 0 Å². The van der Waals surface area contributed by atoms with Crippen molar-refractivity contribution in [3.05, 3.63) is 29.6 Å². The van der Waals surface area contributed by atoms with Crippen LogP contribution in [0.3, 0.4) is 0 Å². The second-order valence-electron chi connectivity index (χ2n) is 6.35. The Bertz CT molecular complexity index is 602. The summed E-state index contributed by atoms with van der Waals surface area (Å²) in [6.45, 7) is 5.58. The van der Waals surface area contributed by atoms with Crippen LogP contribution in [0.2, 0.25) is 0 Å². The average molecular weight is 291 g/mol. The van der Waals surface area contributed by atoms with Gasteiger partial charge in [-0.1, -0.05) is 31.9 Å². The van der Waals surface area contributed by atoms with Gasteiger partial charge in [-0.05, 0) is 43.2 Å². The van der Waals surface area contributed by atoms with Crippen molar-refractivity contribution in [1.82, 2.24) is 9.55 Å². The number of aryl methyl sites for hydroxylation is 1. The summed E-state index contributed by atoms with van der Waals surface area (Å²) in [6, 6.07) is 6.43. The van der Waals surface area contributed by atoms with Gasteiger partial charge >= 0.3 is 0 Å². The Morgan fingerprint density at radius 3 is 2.95 bits per heavy atom. The van der Waals surface area contributed by atoms with Crippen molar-refractivity contribution in [3.63, 3.8) is 0 Å². The van der Waals surface area contributed by atoms with E-state index in [0.717, 1.165) is 29.7 Å². The fourth-order valence-electron chi connectivity index (χ4n) is 3.62. The highest BCUT2D eigenvalue weighted by Gasteiger charge is 2.21. The molecule has 1 heterocycles. The molecule has 1 aromatic carbocycles. The third-order valence-corrected chi connectivity index (χ3v) is 4.90. The minimum absolute atomic E-state index is 0.496. The Morgan fingerprint density at radius 1 is 1.35 bits per heavy atom. The molecule has 2 nitrogen and oxygen atoms in total. The SMILES string of the molecule is Cc1cccc2c1nc(CCl)n2CC1CCCC(C)C1. The monoisotopic (exact) mass is 290 g/mol. The molecule has 3 heteroatoms. The molecule has 1 fully saturated rings. The van der Waals surface area contributed by atoms with E-state index in [0.29, 0.717) is 5.88 Å². The predicted molar refractivity (Wildman–Crippen MR) is 85.1 cm³/mol. The molecule has 0 radical (unpaired) electrons. The molecular weight excluding hydrogens is 268 g/mol. The van der Waals surface area contributed by atoms with E-state index in [1.165, 1.54) is 36.8 Å². The van der Waals surface area contributed by atoms with Crippen LogP contribution in [-0.4, -0.2) is 9.55 Å². The van der Waals surface area contributed by atoms with Crippen LogP contribution in [0.5, 0.6) is 0 Å². The summed E-state index contributed by atoms with van der Waals surface area (Å²) >= 11 is 6.12. The van der Waals surface area contributed by atoms with Crippen molar-refractivity contribution >= 4 is 22.6 Å². The topological polar surface area (TPSA) is 17.8 Å². The lowest BCUT2D eigenvalue weighted by atomic mass is 9.82. The maximum absolute atomic E-state index is 6.12. The van der Waals surface area contributed by atoms with E-state index in [2.05, 4.69) is 36.6 Å².